The zero-order valence-corrected chi connectivity index (χ0v) is 11.1. The number of hydrogen-bond acceptors (Lipinski definition) is 4. The number of hydrogen-bond donors (Lipinski definition) is 2. The smallest absolute Gasteiger partial charge is 0.242 e. The molecular weight excluding hydrogens is 222 g/mol. The largest absolute Gasteiger partial charge is 0.354 e. The molecule has 0 bridgehead atoms. The van der Waals surface area contributed by atoms with Gasteiger partial charge in [0.25, 0.3) is 0 Å². The SMILES string of the molecule is CCCNC(=O)C(C)NC1=NC(CC)CS1. The topological polar surface area (TPSA) is 53.5 Å². The fraction of sp³-hybridized carbons (Fsp3) is 0.818. The number of amides is 1. The second kappa shape index (κ2) is 6.78. The Labute approximate surface area is 102 Å². The van der Waals surface area contributed by atoms with Crippen LogP contribution in [-0.4, -0.2) is 35.5 Å². The minimum atomic E-state index is -0.201. The summed E-state index contributed by atoms with van der Waals surface area (Å²) in [5, 5.41) is 6.93. The van der Waals surface area contributed by atoms with Gasteiger partial charge in [-0.25, -0.2) is 0 Å². The van der Waals surface area contributed by atoms with Gasteiger partial charge in [-0.05, 0) is 19.8 Å². The van der Waals surface area contributed by atoms with E-state index in [9.17, 15) is 4.79 Å². The molecule has 0 fully saturated rings. The third kappa shape index (κ3) is 4.04. The van der Waals surface area contributed by atoms with Crippen molar-refractivity contribution in [2.45, 2.75) is 45.7 Å². The van der Waals surface area contributed by atoms with Gasteiger partial charge in [-0.15, -0.1) is 0 Å². The van der Waals surface area contributed by atoms with Crippen LogP contribution in [0.1, 0.15) is 33.6 Å². The summed E-state index contributed by atoms with van der Waals surface area (Å²) in [6, 6.07) is 0.215. The fourth-order valence-electron chi connectivity index (χ4n) is 1.36. The van der Waals surface area contributed by atoms with E-state index in [2.05, 4.69) is 22.5 Å². The Bertz CT molecular complexity index is 268. The lowest BCUT2D eigenvalue weighted by Crippen LogP contribution is -2.43. The molecule has 2 N–H and O–H groups in total. The molecule has 16 heavy (non-hydrogen) atoms. The summed E-state index contributed by atoms with van der Waals surface area (Å²) < 4.78 is 0. The third-order valence-electron chi connectivity index (χ3n) is 2.47. The van der Waals surface area contributed by atoms with E-state index in [0.717, 1.165) is 30.3 Å². The number of nitrogens with zero attached hydrogens (tertiary/aromatic N) is 1. The molecule has 0 saturated carbocycles. The number of amidine groups is 1. The lowest BCUT2D eigenvalue weighted by molar-refractivity contribution is -0.122. The highest BCUT2D eigenvalue weighted by Gasteiger charge is 2.20. The highest BCUT2D eigenvalue weighted by atomic mass is 32.2. The summed E-state index contributed by atoms with van der Waals surface area (Å²) in [5.41, 5.74) is 0. The van der Waals surface area contributed by atoms with Crippen LogP contribution in [0.3, 0.4) is 0 Å². The van der Waals surface area contributed by atoms with Gasteiger partial charge in [-0.3, -0.25) is 9.79 Å². The van der Waals surface area contributed by atoms with Gasteiger partial charge in [0.05, 0.1) is 6.04 Å². The van der Waals surface area contributed by atoms with Gasteiger partial charge in [0.15, 0.2) is 5.17 Å². The molecule has 0 aromatic rings. The van der Waals surface area contributed by atoms with Crippen molar-refractivity contribution in [2.24, 2.45) is 4.99 Å². The molecule has 1 heterocycles. The zero-order valence-electron chi connectivity index (χ0n) is 10.2. The summed E-state index contributed by atoms with van der Waals surface area (Å²) in [6.07, 6.45) is 2.03. The van der Waals surface area contributed by atoms with Crippen LogP contribution in [0.25, 0.3) is 0 Å². The van der Waals surface area contributed by atoms with Crippen molar-refractivity contribution in [2.75, 3.05) is 12.3 Å². The maximum absolute atomic E-state index is 11.6. The van der Waals surface area contributed by atoms with E-state index < -0.39 is 0 Å². The normalized spacial score (nSPS) is 21.4. The standard InChI is InChI=1S/C11H21N3OS/c1-4-6-12-10(15)8(3)13-11-14-9(5-2)7-16-11/h8-9H,4-7H2,1-3H3,(H,12,15)(H,13,14). The van der Waals surface area contributed by atoms with E-state index in [1.807, 2.05) is 13.8 Å². The molecule has 5 heteroatoms. The Morgan fingerprint density at radius 2 is 2.38 bits per heavy atom. The highest BCUT2D eigenvalue weighted by Crippen LogP contribution is 2.18. The molecule has 1 aliphatic heterocycles. The van der Waals surface area contributed by atoms with Gasteiger partial charge in [0.1, 0.15) is 6.04 Å². The van der Waals surface area contributed by atoms with E-state index in [-0.39, 0.29) is 11.9 Å². The highest BCUT2D eigenvalue weighted by molar-refractivity contribution is 8.14. The third-order valence-corrected chi connectivity index (χ3v) is 3.51. The molecule has 0 aromatic carbocycles. The molecule has 92 valence electrons. The summed E-state index contributed by atoms with van der Waals surface area (Å²) in [4.78, 5) is 16.1. The van der Waals surface area contributed by atoms with E-state index >= 15 is 0 Å². The number of carbonyl (C=O) groups is 1. The molecule has 0 radical (unpaired) electrons. The second-order valence-corrected chi connectivity index (χ2v) is 4.97. The van der Waals surface area contributed by atoms with Gasteiger partial charge in [0.2, 0.25) is 5.91 Å². The number of carbonyl (C=O) groups excluding carboxylic acids is 1. The molecule has 4 nitrogen and oxygen atoms in total. The van der Waals surface area contributed by atoms with Gasteiger partial charge < -0.3 is 10.6 Å². The van der Waals surface area contributed by atoms with Crippen molar-refractivity contribution in [3.8, 4) is 0 Å². The van der Waals surface area contributed by atoms with Crippen LogP contribution in [0.4, 0.5) is 0 Å². The van der Waals surface area contributed by atoms with Crippen LogP contribution in [0, 0.1) is 0 Å². The van der Waals surface area contributed by atoms with E-state index in [1.54, 1.807) is 11.8 Å². The Kier molecular flexibility index (Phi) is 5.66. The first-order valence-electron chi connectivity index (χ1n) is 5.92. The lowest BCUT2D eigenvalue weighted by atomic mass is 10.3. The summed E-state index contributed by atoms with van der Waals surface area (Å²) in [7, 11) is 0. The van der Waals surface area contributed by atoms with Crippen LogP contribution in [0.5, 0.6) is 0 Å². The van der Waals surface area contributed by atoms with Crippen LogP contribution >= 0.6 is 11.8 Å². The summed E-state index contributed by atoms with van der Waals surface area (Å²) >= 11 is 1.70. The maximum Gasteiger partial charge on any atom is 0.242 e. The van der Waals surface area contributed by atoms with Crippen molar-refractivity contribution < 1.29 is 4.79 Å². The number of aliphatic imine (C=N–C) groups is 1. The molecule has 1 amide bonds. The minimum Gasteiger partial charge on any atom is -0.354 e. The first-order valence-corrected chi connectivity index (χ1v) is 6.90. The van der Waals surface area contributed by atoms with Crippen LogP contribution in [-0.2, 0) is 4.79 Å². The average molecular weight is 243 g/mol. The van der Waals surface area contributed by atoms with Gasteiger partial charge in [-0.1, -0.05) is 25.6 Å². The molecule has 0 spiro atoms. The van der Waals surface area contributed by atoms with Crippen LogP contribution < -0.4 is 10.6 Å². The first-order chi connectivity index (χ1) is 7.67. The molecule has 2 unspecified atom stereocenters. The zero-order chi connectivity index (χ0) is 12.0. The second-order valence-electron chi connectivity index (χ2n) is 3.96. The molecule has 0 aliphatic carbocycles. The molecule has 1 rings (SSSR count). The monoisotopic (exact) mass is 243 g/mol. The van der Waals surface area contributed by atoms with Crippen molar-refractivity contribution in [1.29, 1.82) is 0 Å². The number of rotatable bonds is 5. The predicted octanol–water partition coefficient (Wildman–Crippen LogP) is 1.37. The Balaban J connectivity index is 2.34. The number of thioether (sulfide) groups is 1. The molecule has 1 aliphatic rings. The summed E-state index contributed by atoms with van der Waals surface area (Å²) in [5.74, 6) is 1.08. The van der Waals surface area contributed by atoms with Crippen molar-refractivity contribution in [1.82, 2.24) is 10.6 Å². The lowest BCUT2D eigenvalue weighted by Gasteiger charge is -2.13. The van der Waals surface area contributed by atoms with E-state index in [4.69, 9.17) is 0 Å². The fourth-order valence-corrected chi connectivity index (χ4v) is 2.50. The Hall–Kier alpha value is -0.710. The summed E-state index contributed by atoms with van der Waals surface area (Å²) in [6.45, 7) is 6.78. The van der Waals surface area contributed by atoms with Crippen molar-refractivity contribution >= 4 is 22.8 Å². The first kappa shape index (κ1) is 13.4. The quantitative estimate of drug-likeness (QED) is 0.767. The molecule has 2 atom stereocenters. The van der Waals surface area contributed by atoms with Crippen molar-refractivity contribution in [3.63, 3.8) is 0 Å². The molecule has 0 saturated heterocycles. The predicted molar refractivity (Wildman–Crippen MR) is 69.9 cm³/mol. The van der Waals surface area contributed by atoms with Gasteiger partial charge in [0, 0.05) is 12.3 Å². The van der Waals surface area contributed by atoms with E-state index in [1.165, 1.54) is 0 Å². The Morgan fingerprint density at radius 1 is 1.62 bits per heavy atom. The molecule has 0 aromatic heterocycles. The van der Waals surface area contributed by atoms with E-state index in [0.29, 0.717) is 6.04 Å². The van der Waals surface area contributed by atoms with Crippen LogP contribution in [0.2, 0.25) is 0 Å². The van der Waals surface area contributed by atoms with Gasteiger partial charge >= 0.3 is 0 Å². The van der Waals surface area contributed by atoms with Crippen molar-refractivity contribution in [3.05, 3.63) is 0 Å². The Morgan fingerprint density at radius 3 is 2.94 bits per heavy atom. The molecular formula is C11H21N3OS. The average Bonchev–Trinajstić information content (AvgIpc) is 2.73. The van der Waals surface area contributed by atoms with Crippen LogP contribution in [0.15, 0.2) is 4.99 Å². The number of nitrogens with one attached hydrogen (secondary N) is 2. The maximum atomic E-state index is 11.6. The minimum absolute atomic E-state index is 0.0464. The van der Waals surface area contributed by atoms with Gasteiger partial charge in [-0.2, -0.15) is 0 Å².